The molecule has 2 aromatic rings. The van der Waals surface area contributed by atoms with Crippen LogP contribution < -0.4 is 10.2 Å². The van der Waals surface area contributed by atoms with E-state index < -0.39 is 0 Å². The number of nitrogens with one attached hydrogen (secondary N) is 2. The lowest BCUT2D eigenvalue weighted by Gasteiger charge is -2.43. The van der Waals surface area contributed by atoms with Crippen molar-refractivity contribution in [2.24, 2.45) is 23.7 Å². The maximum atomic E-state index is 9.59. The molecule has 0 radical (unpaired) electrons. The van der Waals surface area contributed by atoms with Crippen molar-refractivity contribution < 1.29 is 10.2 Å². The Morgan fingerprint density at radius 3 is 2.24 bits per heavy atom. The molecule has 4 fully saturated rings. The van der Waals surface area contributed by atoms with Gasteiger partial charge in [-0.1, -0.05) is 51.4 Å². The maximum Gasteiger partial charge on any atom is 0.142 e. The lowest BCUT2D eigenvalue weighted by molar-refractivity contribution is 0.140. The molecule has 4 saturated carbocycles. The number of aromatic amines is 1. The lowest BCUT2D eigenvalue weighted by Crippen LogP contribution is -2.44. The van der Waals surface area contributed by atoms with Crippen molar-refractivity contribution in [2.45, 2.75) is 102 Å². The fourth-order valence-electron chi connectivity index (χ4n) is 8.12. The van der Waals surface area contributed by atoms with Crippen molar-refractivity contribution in [3.63, 3.8) is 0 Å². The molecular weight excluding hydrogens is 462 g/mol. The zero-order valence-corrected chi connectivity index (χ0v) is 22.7. The third-order valence-corrected chi connectivity index (χ3v) is 9.98. The van der Waals surface area contributed by atoms with Gasteiger partial charge >= 0.3 is 0 Å². The number of hydrogen-bond acceptors (Lipinski definition) is 6. The molecule has 2 heterocycles. The molecule has 4 aliphatic carbocycles. The van der Waals surface area contributed by atoms with Crippen molar-refractivity contribution >= 4 is 16.9 Å². The Morgan fingerprint density at radius 1 is 0.811 bits per heavy atom. The van der Waals surface area contributed by atoms with Gasteiger partial charge < -0.3 is 25.4 Å². The largest absolute Gasteiger partial charge is 0.395 e. The topological polar surface area (TPSA) is 97.3 Å². The Hall–Kier alpha value is -1.70. The zero-order chi connectivity index (χ0) is 25.5. The van der Waals surface area contributed by atoms with Crippen LogP contribution in [0, 0.1) is 23.7 Å². The molecular formula is C30H49N5O2. The number of aliphatic hydroxyl groups is 2. The van der Waals surface area contributed by atoms with Gasteiger partial charge in [-0.15, -0.1) is 0 Å². The molecule has 0 bridgehead atoms. The van der Waals surface area contributed by atoms with Crippen LogP contribution in [0.2, 0.25) is 0 Å². The molecule has 0 spiro atoms. The van der Waals surface area contributed by atoms with E-state index in [0.29, 0.717) is 18.6 Å². The first-order chi connectivity index (χ1) is 18.3. The molecule has 4 N–H and O–H groups in total. The fourth-order valence-corrected chi connectivity index (χ4v) is 8.12. The van der Waals surface area contributed by atoms with Crippen LogP contribution in [0.4, 0.5) is 5.82 Å². The number of H-pyrrole nitrogens is 1. The van der Waals surface area contributed by atoms with E-state index in [1.54, 1.807) is 6.33 Å². The van der Waals surface area contributed by atoms with E-state index in [4.69, 9.17) is 5.11 Å². The zero-order valence-electron chi connectivity index (χ0n) is 22.7. The van der Waals surface area contributed by atoms with E-state index in [1.165, 1.54) is 89.9 Å². The van der Waals surface area contributed by atoms with Crippen molar-refractivity contribution in [3.05, 3.63) is 18.6 Å². The maximum absolute atomic E-state index is 9.59. The standard InChI is InChI=1S/C18H26N4O.C12H23NO/c23-10-9-22(18-16-7-8-19-17(16)20-12-21-18)15-6-5-13-3-1-2-4-14(13)11-15;14-8-7-13-12-6-5-10-3-1-2-4-11(10)9-12/h7-8,12-15,23H,1-6,9-11H2,(H,19,20,21);10-14H,1-9H2. The second kappa shape index (κ2) is 13.4. The van der Waals surface area contributed by atoms with Gasteiger partial charge in [0.05, 0.1) is 18.6 Å². The highest BCUT2D eigenvalue weighted by Crippen LogP contribution is 2.43. The molecule has 0 aromatic carbocycles. The number of anilines is 1. The predicted octanol–water partition coefficient (Wildman–Crippen LogP) is 5.04. The van der Waals surface area contributed by atoms with Gasteiger partial charge in [-0.2, -0.15) is 0 Å². The number of aromatic nitrogens is 3. The van der Waals surface area contributed by atoms with Gasteiger partial charge in [-0.3, -0.25) is 0 Å². The van der Waals surface area contributed by atoms with Gasteiger partial charge in [0.1, 0.15) is 17.8 Å². The SMILES string of the molecule is OCCN(c1ncnc2[nH]ccc12)C1CCC2CCCCC2C1.OCCNC1CCC2CCCCC2C1. The Kier molecular flexibility index (Phi) is 9.73. The molecule has 7 heteroatoms. The summed E-state index contributed by atoms with van der Waals surface area (Å²) in [5, 5.41) is 22.9. The average Bonchev–Trinajstić information content (AvgIpc) is 3.44. The Bertz CT molecular complexity index is 951. The smallest absolute Gasteiger partial charge is 0.142 e. The van der Waals surface area contributed by atoms with Crippen LogP contribution in [0.5, 0.6) is 0 Å². The summed E-state index contributed by atoms with van der Waals surface area (Å²) in [6.07, 6.45) is 23.0. The second-order valence-corrected chi connectivity index (χ2v) is 12.1. The van der Waals surface area contributed by atoms with Gasteiger partial charge in [0, 0.05) is 31.4 Å². The number of aliphatic hydroxyl groups excluding tert-OH is 2. The van der Waals surface area contributed by atoms with Crippen LogP contribution in [0.3, 0.4) is 0 Å². The monoisotopic (exact) mass is 511 g/mol. The van der Waals surface area contributed by atoms with Gasteiger partial charge in [-0.05, 0) is 68.3 Å². The van der Waals surface area contributed by atoms with Gasteiger partial charge in [0.25, 0.3) is 0 Å². The average molecular weight is 512 g/mol. The van der Waals surface area contributed by atoms with Crippen molar-refractivity contribution in [1.29, 1.82) is 0 Å². The number of hydrogen-bond donors (Lipinski definition) is 4. The molecule has 6 atom stereocenters. The van der Waals surface area contributed by atoms with Crippen molar-refractivity contribution in [3.8, 4) is 0 Å². The molecule has 7 nitrogen and oxygen atoms in total. The number of nitrogens with zero attached hydrogens (tertiary/aromatic N) is 3. The van der Waals surface area contributed by atoms with Crippen LogP contribution in [0.15, 0.2) is 18.6 Å². The van der Waals surface area contributed by atoms with E-state index >= 15 is 0 Å². The normalized spacial score (nSPS) is 31.6. The van der Waals surface area contributed by atoms with Crippen LogP contribution in [-0.2, 0) is 0 Å². The van der Waals surface area contributed by atoms with E-state index in [9.17, 15) is 5.11 Å². The van der Waals surface area contributed by atoms with Gasteiger partial charge in [-0.25, -0.2) is 9.97 Å². The lowest BCUT2D eigenvalue weighted by atomic mass is 9.69. The van der Waals surface area contributed by atoms with E-state index in [0.717, 1.165) is 47.1 Å². The highest BCUT2D eigenvalue weighted by molar-refractivity contribution is 5.87. The summed E-state index contributed by atoms with van der Waals surface area (Å²) < 4.78 is 0. The third-order valence-electron chi connectivity index (χ3n) is 9.98. The Balaban J connectivity index is 0.000000171. The summed E-state index contributed by atoms with van der Waals surface area (Å²) in [5.74, 6) is 4.81. The molecule has 0 amide bonds. The predicted molar refractivity (Wildman–Crippen MR) is 150 cm³/mol. The van der Waals surface area contributed by atoms with E-state index in [-0.39, 0.29) is 13.2 Å². The number of fused-ring (bicyclic) bond motifs is 3. The molecule has 4 aliphatic rings. The molecule has 37 heavy (non-hydrogen) atoms. The minimum atomic E-state index is 0.167. The van der Waals surface area contributed by atoms with Crippen LogP contribution in [-0.4, -0.2) is 63.6 Å². The molecule has 6 unspecified atom stereocenters. The highest BCUT2D eigenvalue weighted by Gasteiger charge is 2.35. The quantitative estimate of drug-likeness (QED) is 0.416. The van der Waals surface area contributed by atoms with Crippen LogP contribution in [0.25, 0.3) is 11.0 Å². The molecule has 0 aliphatic heterocycles. The fraction of sp³-hybridized carbons (Fsp3) is 0.800. The van der Waals surface area contributed by atoms with Gasteiger partial charge in [0.2, 0.25) is 0 Å². The van der Waals surface area contributed by atoms with Crippen LogP contribution >= 0.6 is 0 Å². The minimum Gasteiger partial charge on any atom is -0.395 e. The number of rotatable bonds is 7. The molecule has 206 valence electrons. The molecule has 6 rings (SSSR count). The van der Waals surface area contributed by atoms with Crippen LogP contribution in [0.1, 0.15) is 89.9 Å². The third kappa shape index (κ3) is 6.66. The molecule has 0 saturated heterocycles. The van der Waals surface area contributed by atoms with Crippen molar-refractivity contribution in [2.75, 3.05) is 31.2 Å². The first kappa shape index (κ1) is 26.9. The summed E-state index contributed by atoms with van der Waals surface area (Å²) in [4.78, 5) is 14.4. The first-order valence-corrected chi connectivity index (χ1v) is 15.3. The summed E-state index contributed by atoms with van der Waals surface area (Å²) in [7, 11) is 0. The van der Waals surface area contributed by atoms with E-state index in [1.807, 2.05) is 12.3 Å². The molecule has 2 aromatic heterocycles. The van der Waals surface area contributed by atoms with Gasteiger partial charge in [0.15, 0.2) is 0 Å². The first-order valence-electron chi connectivity index (χ1n) is 15.3. The van der Waals surface area contributed by atoms with E-state index in [2.05, 4.69) is 25.2 Å². The summed E-state index contributed by atoms with van der Waals surface area (Å²) in [5.41, 5.74) is 0.879. The minimum absolute atomic E-state index is 0.167. The summed E-state index contributed by atoms with van der Waals surface area (Å²) in [6, 6.07) is 3.23. The Labute approximate surface area is 222 Å². The highest BCUT2D eigenvalue weighted by atomic mass is 16.3. The second-order valence-electron chi connectivity index (χ2n) is 12.1. The summed E-state index contributed by atoms with van der Waals surface area (Å²) in [6.45, 7) is 1.88. The van der Waals surface area contributed by atoms with Crippen molar-refractivity contribution in [1.82, 2.24) is 20.3 Å². The Morgan fingerprint density at radius 2 is 1.51 bits per heavy atom. The summed E-state index contributed by atoms with van der Waals surface area (Å²) >= 11 is 0.